The molecule has 2 heterocycles. The highest BCUT2D eigenvalue weighted by molar-refractivity contribution is 7.89. The van der Waals surface area contributed by atoms with Crippen LogP contribution < -0.4 is 0 Å². The van der Waals surface area contributed by atoms with E-state index in [2.05, 4.69) is 0 Å². The fourth-order valence-electron chi connectivity index (χ4n) is 3.34. The Balaban J connectivity index is 1.55. The fourth-order valence-corrected chi connectivity index (χ4v) is 4.86. The van der Waals surface area contributed by atoms with Crippen LogP contribution in [0.4, 0.5) is 0 Å². The van der Waals surface area contributed by atoms with Crippen molar-refractivity contribution in [2.45, 2.75) is 36.7 Å². The van der Waals surface area contributed by atoms with Crippen molar-refractivity contribution in [2.24, 2.45) is 0 Å². The van der Waals surface area contributed by atoms with Gasteiger partial charge < -0.3 is 14.7 Å². The molecule has 1 amide bonds. The number of sulfonamides is 1. The van der Waals surface area contributed by atoms with Gasteiger partial charge in [-0.3, -0.25) is 4.79 Å². The Morgan fingerprint density at radius 3 is 2.41 bits per heavy atom. The first-order valence-corrected chi connectivity index (χ1v) is 10.5. The molecule has 2 saturated heterocycles. The van der Waals surface area contributed by atoms with Gasteiger partial charge in [0.2, 0.25) is 15.9 Å². The van der Waals surface area contributed by atoms with Crippen molar-refractivity contribution in [1.82, 2.24) is 9.21 Å². The summed E-state index contributed by atoms with van der Waals surface area (Å²) < 4.78 is 31.6. The van der Waals surface area contributed by atoms with E-state index >= 15 is 0 Å². The maximum Gasteiger partial charge on any atom is 0.334 e. The van der Waals surface area contributed by atoms with Gasteiger partial charge in [-0.15, -0.1) is 0 Å². The summed E-state index contributed by atoms with van der Waals surface area (Å²) in [4.78, 5) is 25.1. The van der Waals surface area contributed by atoms with Gasteiger partial charge in [0, 0.05) is 26.1 Å². The molecule has 0 radical (unpaired) electrons. The first kappa shape index (κ1) is 19.8. The van der Waals surface area contributed by atoms with Gasteiger partial charge >= 0.3 is 5.97 Å². The van der Waals surface area contributed by atoms with E-state index in [1.54, 1.807) is 24.3 Å². The number of carbonyl (C=O) groups is 2. The molecule has 0 spiro atoms. The predicted molar refractivity (Wildman–Crippen MR) is 96.7 cm³/mol. The molecule has 8 nitrogen and oxygen atoms in total. The molecule has 0 aromatic heterocycles. The van der Waals surface area contributed by atoms with E-state index in [1.165, 1.54) is 9.21 Å². The van der Waals surface area contributed by atoms with E-state index in [4.69, 9.17) is 9.84 Å². The highest BCUT2D eigenvalue weighted by Crippen LogP contribution is 2.21. The molecule has 0 aliphatic carbocycles. The van der Waals surface area contributed by atoms with Crippen LogP contribution in [0.1, 0.15) is 24.8 Å². The van der Waals surface area contributed by atoms with Crippen molar-refractivity contribution in [1.29, 1.82) is 0 Å². The number of hydrogen-bond acceptors (Lipinski definition) is 5. The van der Waals surface area contributed by atoms with E-state index < -0.39 is 22.1 Å². The number of nitrogens with zero attached hydrogens (tertiary/aromatic N) is 2. The van der Waals surface area contributed by atoms with Gasteiger partial charge in [0.25, 0.3) is 0 Å². The van der Waals surface area contributed by atoms with Gasteiger partial charge in [0.1, 0.15) is 0 Å². The lowest BCUT2D eigenvalue weighted by Gasteiger charge is -2.31. The van der Waals surface area contributed by atoms with Crippen molar-refractivity contribution in [2.75, 3.05) is 32.8 Å². The maximum atomic E-state index is 12.5. The van der Waals surface area contributed by atoms with Gasteiger partial charge in [-0.05, 0) is 37.0 Å². The van der Waals surface area contributed by atoms with Crippen LogP contribution in [-0.4, -0.2) is 73.5 Å². The average molecular weight is 396 g/mol. The molecule has 1 unspecified atom stereocenters. The lowest BCUT2D eigenvalue weighted by molar-refractivity contribution is -0.159. The number of morpholine rings is 1. The molecular weight excluding hydrogens is 372 g/mol. The second kappa shape index (κ2) is 8.37. The number of rotatable bonds is 6. The molecule has 1 N–H and O–H groups in total. The van der Waals surface area contributed by atoms with Crippen LogP contribution in [0.25, 0.3) is 0 Å². The monoisotopic (exact) mass is 396 g/mol. The van der Waals surface area contributed by atoms with Gasteiger partial charge in [0.05, 0.1) is 18.0 Å². The van der Waals surface area contributed by atoms with E-state index in [0.717, 1.165) is 18.4 Å². The Labute approximate surface area is 158 Å². The quantitative estimate of drug-likeness (QED) is 0.760. The minimum absolute atomic E-state index is 0.0567. The second-order valence-corrected chi connectivity index (χ2v) is 8.73. The fraction of sp³-hybridized carbons (Fsp3) is 0.556. The Bertz CT molecular complexity index is 787. The first-order valence-electron chi connectivity index (χ1n) is 9.09. The molecule has 1 aromatic carbocycles. The molecule has 9 heteroatoms. The van der Waals surface area contributed by atoms with Crippen LogP contribution in [0, 0.1) is 0 Å². The second-order valence-electron chi connectivity index (χ2n) is 6.79. The third kappa shape index (κ3) is 4.66. The molecule has 3 rings (SSSR count). The smallest absolute Gasteiger partial charge is 0.334 e. The zero-order valence-corrected chi connectivity index (χ0v) is 15.9. The Morgan fingerprint density at radius 1 is 1.11 bits per heavy atom. The van der Waals surface area contributed by atoms with Gasteiger partial charge in [-0.1, -0.05) is 12.1 Å². The maximum absolute atomic E-state index is 12.5. The number of carboxylic acids is 1. The molecule has 148 valence electrons. The summed E-state index contributed by atoms with van der Waals surface area (Å²) in [6, 6.07) is 6.64. The zero-order valence-electron chi connectivity index (χ0n) is 15.0. The van der Waals surface area contributed by atoms with E-state index in [9.17, 15) is 18.0 Å². The van der Waals surface area contributed by atoms with Crippen molar-refractivity contribution in [3.63, 3.8) is 0 Å². The first-order chi connectivity index (χ1) is 12.9. The lowest BCUT2D eigenvalue weighted by atomic mass is 10.1. The van der Waals surface area contributed by atoms with Crippen molar-refractivity contribution in [3.05, 3.63) is 29.8 Å². The van der Waals surface area contributed by atoms with E-state index in [0.29, 0.717) is 26.1 Å². The summed E-state index contributed by atoms with van der Waals surface area (Å²) >= 11 is 0. The average Bonchev–Trinajstić information content (AvgIpc) is 3.22. The van der Waals surface area contributed by atoms with Crippen LogP contribution in [0.3, 0.4) is 0 Å². The third-order valence-electron chi connectivity index (χ3n) is 4.95. The van der Waals surface area contributed by atoms with Crippen molar-refractivity contribution in [3.8, 4) is 0 Å². The molecule has 1 atom stereocenters. The predicted octanol–water partition coefficient (Wildman–Crippen LogP) is 0.716. The van der Waals surface area contributed by atoms with Crippen LogP contribution in [-0.2, 0) is 30.8 Å². The Morgan fingerprint density at radius 2 is 1.78 bits per heavy atom. The van der Waals surface area contributed by atoms with Crippen LogP contribution in [0.15, 0.2) is 29.2 Å². The number of amides is 1. The minimum Gasteiger partial charge on any atom is -0.479 e. The normalized spacial score (nSPS) is 21.3. The highest BCUT2D eigenvalue weighted by Gasteiger charge is 2.29. The van der Waals surface area contributed by atoms with Gasteiger partial charge in [-0.25, -0.2) is 13.2 Å². The summed E-state index contributed by atoms with van der Waals surface area (Å²) in [5.41, 5.74) is 0.867. The SMILES string of the molecule is O=C(O)C1CN(C(=O)CCc2ccc(S(=O)(=O)N3CCCC3)cc2)CCO1. The molecule has 0 bridgehead atoms. The van der Waals surface area contributed by atoms with E-state index in [1.807, 2.05) is 0 Å². The summed E-state index contributed by atoms with van der Waals surface area (Å²) in [5, 5.41) is 9.00. The summed E-state index contributed by atoms with van der Waals surface area (Å²) in [6.07, 6.45) is 1.52. The third-order valence-corrected chi connectivity index (χ3v) is 6.86. The molecule has 1 aromatic rings. The van der Waals surface area contributed by atoms with Crippen LogP contribution >= 0.6 is 0 Å². The van der Waals surface area contributed by atoms with Crippen LogP contribution in [0.5, 0.6) is 0 Å². The molecular formula is C18H24N2O6S. The Kier molecular flexibility index (Phi) is 6.13. The van der Waals surface area contributed by atoms with Crippen molar-refractivity contribution >= 4 is 21.9 Å². The van der Waals surface area contributed by atoms with Gasteiger partial charge in [0.15, 0.2) is 6.10 Å². The zero-order chi connectivity index (χ0) is 19.4. The number of hydrogen-bond donors (Lipinski definition) is 1. The van der Waals surface area contributed by atoms with Crippen molar-refractivity contribution < 1.29 is 27.9 Å². The summed E-state index contributed by atoms with van der Waals surface area (Å²) in [5.74, 6) is -1.19. The minimum atomic E-state index is -3.43. The molecule has 0 saturated carbocycles. The molecule has 2 aliphatic rings. The molecule has 2 aliphatic heterocycles. The standard InChI is InChI=1S/C18H24N2O6S/c21-17(19-11-12-26-16(13-19)18(22)23)8-5-14-3-6-15(7-4-14)27(24,25)20-9-1-2-10-20/h3-4,6-7,16H,1-2,5,8-13H2,(H,22,23). The Hall–Kier alpha value is -1.97. The number of aliphatic carboxylic acids is 1. The summed E-state index contributed by atoms with van der Waals surface area (Å²) in [7, 11) is -3.43. The number of carboxylic acid groups (broad SMARTS) is 1. The van der Waals surface area contributed by atoms with E-state index in [-0.39, 0.29) is 30.4 Å². The topological polar surface area (TPSA) is 104 Å². The largest absolute Gasteiger partial charge is 0.479 e. The number of benzene rings is 1. The lowest BCUT2D eigenvalue weighted by Crippen LogP contribution is -2.48. The van der Waals surface area contributed by atoms with Crippen LogP contribution in [0.2, 0.25) is 0 Å². The number of ether oxygens (including phenoxy) is 1. The highest BCUT2D eigenvalue weighted by atomic mass is 32.2. The molecule has 2 fully saturated rings. The van der Waals surface area contributed by atoms with Gasteiger partial charge in [-0.2, -0.15) is 4.31 Å². The number of aryl methyl sites for hydroxylation is 1. The molecule has 27 heavy (non-hydrogen) atoms. The number of carbonyl (C=O) groups excluding carboxylic acids is 1. The summed E-state index contributed by atoms with van der Waals surface area (Å²) in [6.45, 7) is 1.79.